The highest BCUT2D eigenvalue weighted by molar-refractivity contribution is 7.99. The second-order valence-corrected chi connectivity index (χ2v) is 7.93. The molecule has 3 aromatic rings. The van der Waals surface area contributed by atoms with Crippen molar-refractivity contribution in [2.24, 2.45) is 0 Å². The van der Waals surface area contributed by atoms with Gasteiger partial charge in [-0.1, -0.05) is 30.0 Å². The Labute approximate surface area is 173 Å². The third-order valence-electron chi connectivity index (χ3n) is 4.56. The average Bonchev–Trinajstić information content (AvgIpc) is 3.37. The van der Waals surface area contributed by atoms with E-state index in [0.717, 1.165) is 33.5 Å². The van der Waals surface area contributed by atoms with Gasteiger partial charge in [0.1, 0.15) is 6.33 Å². The van der Waals surface area contributed by atoms with E-state index in [2.05, 4.69) is 42.2 Å². The van der Waals surface area contributed by atoms with Crippen molar-refractivity contribution in [1.82, 2.24) is 14.8 Å². The molecule has 1 atom stereocenters. The Balaban J connectivity index is 1.29. The first-order valence-corrected chi connectivity index (χ1v) is 10.3. The topological polar surface area (TPSA) is 78.6 Å². The minimum Gasteiger partial charge on any atom is -0.454 e. The van der Waals surface area contributed by atoms with Crippen LogP contribution in [0.15, 0.2) is 47.9 Å². The molecule has 0 saturated heterocycles. The lowest BCUT2D eigenvalue weighted by molar-refractivity contribution is 0.0397. The second kappa shape index (κ2) is 8.86. The third kappa shape index (κ3) is 4.72. The number of hydrogen-bond donors (Lipinski definition) is 1. The number of fused-ring (bicyclic) bond motifs is 1. The molecule has 1 N–H and O–H groups in total. The molecule has 29 heavy (non-hydrogen) atoms. The van der Waals surface area contributed by atoms with Crippen LogP contribution in [0.4, 0.5) is 0 Å². The van der Waals surface area contributed by atoms with Crippen molar-refractivity contribution in [2.75, 3.05) is 19.2 Å². The van der Waals surface area contributed by atoms with Crippen molar-refractivity contribution in [3.05, 3.63) is 59.4 Å². The first-order valence-electron chi connectivity index (χ1n) is 9.35. The maximum Gasteiger partial charge on any atom is 0.231 e. The minimum absolute atomic E-state index is 0.235. The van der Waals surface area contributed by atoms with Crippen LogP contribution in [-0.2, 0) is 11.3 Å². The average molecular weight is 413 g/mol. The lowest BCUT2D eigenvalue weighted by atomic mass is 10.1. The molecule has 8 heteroatoms. The van der Waals surface area contributed by atoms with Crippen molar-refractivity contribution in [3.8, 4) is 17.2 Å². The zero-order valence-corrected chi connectivity index (χ0v) is 17.2. The Morgan fingerprint density at radius 2 is 2.03 bits per heavy atom. The summed E-state index contributed by atoms with van der Waals surface area (Å²) in [5, 5.41) is 19.3. The van der Waals surface area contributed by atoms with Crippen molar-refractivity contribution in [2.45, 2.75) is 31.7 Å². The molecule has 0 amide bonds. The fourth-order valence-electron chi connectivity index (χ4n) is 3.03. The van der Waals surface area contributed by atoms with Gasteiger partial charge in [0.05, 0.1) is 25.0 Å². The van der Waals surface area contributed by atoms with E-state index >= 15 is 0 Å². The molecule has 0 bridgehead atoms. The molecule has 0 fully saturated rings. The maximum absolute atomic E-state index is 10.3. The molecule has 1 aliphatic rings. The van der Waals surface area contributed by atoms with E-state index in [4.69, 9.17) is 14.2 Å². The van der Waals surface area contributed by atoms with E-state index in [0.29, 0.717) is 12.4 Å². The van der Waals surface area contributed by atoms with Gasteiger partial charge in [-0.25, -0.2) is 0 Å². The summed E-state index contributed by atoms with van der Waals surface area (Å²) in [5.41, 5.74) is 4.34. The normalized spacial score (nSPS) is 13.6. The van der Waals surface area contributed by atoms with Crippen LogP contribution in [0.2, 0.25) is 0 Å². The lowest BCUT2D eigenvalue weighted by Crippen LogP contribution is -2.18. The molecule has 0 aliphatic carbocycles. The number of hydrogen-bond acceptors (Lipinski definition) is 7. The van der Waals surface area contributed by atoms with Crippen LogP contribution in [0.1, 0.15) is 16.7 Å². The van der Waals surface area contributed by atoms with E-state index in [1.807, 2.05) is 22.8 Å². The number of aromatic nitrogens is 3. The van der Waals surface area contributed by atoms with Crippen molar-refractivity contribution in [1.29, 1.82) is 0 Å². The molecule has 0 unspecified atom stereocenters. The number of thioether (sulfide) groups is 1. The van der Waals surface area contributed by atoms with Crippen LogP contribution in [0.3, 0.4) is 0 Å². The van der Waals surface area contributed by atoms with Crippen molar-refractivity contribution < 1.29 is 19.3 Å². The summed E-state index contributed by atoms with van der Waals surface area (Å²) in [4.78, 5) is 0. The smallest absolute Gasteiger partial charge is 0.231 e. The van der Waals surface area contributed by atoms with Gasteiger partial charge in [-0.3, -0.25) is 4.57 Å². The molecule has 152 valence electrons. The fraction of sp³-hybridized carbons (Fsp3) is 0.333. The first kappa shape index (κ1) is 19.8. The van der Waals surface area contributed by atoms with Gasteiger partial charge in [0, 0.05) is 5.75 Å². The van der Waals surface area contributed by atoms with Crippen LogP contribution in [-0.4, -0.2) is 45.1 Å². The van der Waals surface area contributed by atoms with E-state index in [9.17, 15) is 5.11 Å². The monoisotopic (exact) mass is 413 g/mol. The summed E-state index contributed by atoms with van der Waals surface area (Å²) < 4.78 is 18.3. The number of ether oxygens (including phenoxy) is 3. The van der Waals surface area contributed by atoms with Crippen LogP contribution in [0.5, 0.6) is 11.5 Å². The van der Waals surface area contributed by atoms with Gasteiger partial charge in [0.15, 0.2) is 16.7 Å². The summed E-state index contributed by atoms with van der Waals surface area (Å²) in [6.45, 7) is 5.00. The van der Waals surface area contributed by atoms with Gasteiger partial charge in [-0.15, -0.1) is 10.2 Å². The molecule has 7 nitrogen and oxygen atoms in total. The predicted molar refractivity (Wildman–Crippen MR) is 110 cm³/mol. The predicted octanol–water partition coefficient (Wildman–Crippen LogP) is 3.28. The third-order valence-corrected chi connectivity index (χ3v) is 5.65. The maximum atomic E-state index is 10.3. The van der Waals surface area contributed by atoms with Crippen molar-refractivity contribution in [3.63, 3.8) is 0 Å². The molecule has 2 heterocycles. The number of rotatable bonds is 8. The second-order valence-electron chi connectivity index (χ2n) is 6.94. The summed E-state index contributed by atoms with van der Waals surface area (Å²) in [6, 6.07) is 12.0. The Morgan fingerprint density at radius 1 is 1.17 bits per heavy atom. The number of benzene rings is 2. The summed E-state index contributed by atoms with van der Waals surface area (Å²) in [7, 11) is 0. The lowest BCUT2D eigenvalue weighted by Gasteiger charge is -2.13. The van der Waals surface area contributed by atoms with Gasteiger partial charge in [0.2, 0.25) is 6.79 Å². The van der Waals surface area contributed by atoms with Gasteiger partial charge in [-0.05, 0) is 48.7 Å². The molecule has 4 rings (SSSR count). The fourth-order valence-corrected chi connectivity index (χ4v) is 3.86. The Morgan fingerprint density at radius 3 is 2.93 bits per heavy atom. The Bertz CT molecular complexity index is 992. The highest BCUT2D eigenvalue weighted by Crippen LogP contribution is 2.32. The number of aliphatic hydroxyl groups is 1. The van der Waals surface area contributed by atoms with Gasteiger partial charge < -0.3 is 19.3 Å². The highest BCUT2D eigenvalue weighted by atomic mass is 32.2. The SMILES string of the molecule is Cc1ccc(C)c(-n2cnnc2SC[C@@H](O)COCc2ccc3c(c2)OCO3)c1. The van der Waals surface area contributed by atoms with Gasteiger partial charge in [-0.2, -0.15) is 0 Å². The first-order chi connectivity index (χ1) is 14.1. The quantitative estimate of drug-likeness (QED) is 0.568. The van der Waals surface area contributed by atoms with Crippen LogP contribution >= 0.6 is 11.8 Å². The standard InChI is InChI=1S/C21H23N3O4S/c1-14-3-4-15(2)18(7-14)24-12-22-23-21(24)29-11-17(25)10-26-9-16-5-6-19-20(8-16)28-13-27-19/h3-8,12,17,25H,9-11,13H2,1-2H3/t17-/m0/s1. The number of aryl methyl sites for hydroxylation is 2. The summed E-state index contributed by atoms with van der Waals surface area (Å²) in [6.07, 6.45) is 1.09. The zero-order chi connectivity index (χ0) is 20.2. The minimum atomic E-state index is -0.613. The Hall–Kier alpha value is -2.55. The van der Waals surface area contributed by atoms with Gasteiger partial charge >= 0.3 is 0 Å². The molecule has 0 radical (unpaired) electrons. The zero-order valence-electron chi connectivity index (χ0n) is 16.4. The number of nitrogens with zero attached hydrogens (tertiary/aromatic N) is 3. The van der Waals surface area contributed by atoms with Crippen LogP contribution < -0.4 is 9.47 Å². The number of aliphatic hydroxyl groups excluding tert-OH is 1. The molecule has 1 aliphatic heterocycles. The van der Waals surface area contributed by atoms with E-state index in [1.165, 1.54) is 17.3 Å². The molecule has 0 spiro atoms. The van der Waals surface area contributed by atoms with Crippen molar-refractivity contribution >= 4 is 11.8 Å². The Kier molecular flexibility index (Phi) is 6.03. The molecular formula is C21H23N3O4S. The van der Waals surface area contributed by atoms with E-state index < -0.39 is 6.10 Å². The molecular weight excluding hydrogens is 390 g/mol. The van der Waals surface area contributed by atoms with E-state index in [-0.39, 0.29) is 13.4 Å². The van der Waals surface area contributed by atoms with E-state index in [1.54, 1.807) is 6.33 Å². The summed E-state index contributed by atoms with van der Waals surface area (Å²) in [5.74, 6) is 1.94. The van der Waals surface area contributed by atoms with Crippen LogP contribution in [0.25, 0.3) is 5.69 Å². The highest BCUT2D eigenvalue weighted by Gasteiger charge is 2.15. The molecule has 0 saturated carbocycles. The molecule has 1 aromatic heterocycles. The largest absolute Gasteiger partial charge is 0.454 e. The molecule has 2 aromatic carbocycles. The summed E-state index contributed by atoms with van der Waals surface area (Å²) >= 11 is 1.46. The van der Waals surface area contributed by atoms with Gasteiger partial charge in [0.25, 0.3) is 0 Å². The van der Waals surface area contributed by atoms with Crippen LogP contribution in [0, 0.1) is 13.8 Å².